The number of nitro benzene ring substituents is 1. The van der Waals surface area contributed by atoms with E-state index in [1.807, 2.05) is 6.26 Å². The predicted molar refractivity (Wildman–Crippen MR) is 78.0 cm³/mol. The van der Waals surface area contributed by atoms with Crippen LogP contribution in [0, 0.1) is 10.1 Å². The van der Waals surface area contributed by atoms with Crippen LogP contribution in [0.5, 0.6) is 0 Å². The largest absolute Gasteiger partial charge is 0.379 e. The minimum atomic E-state index is -0.478. The standard InChI is InChI=1S/C12H17N3O3S/c1-14(2)12(16)9-4-5-10(13-6-7-19-3)11(8-9)15(17)18/h4-5,8,13H,6-7H2,1-3H3. The second-order valence-corrected chi connectivity index (χ2v) is 5.09. The van der Waals surface area contributed by atoms with Crippen LogP contribution in [0.4, 0.5) is 11.4 Å². The van der Waals surface area contributed by atoms with Gasteiger partial charge >= 0.3 is 0 Å². The van der Waals surface area contributed by atoms with Gasteiger partial charge in [0.25, 0.3) is 11.6 Å². The van der Waals surface area contributed by atoms with Crippen LogP contribution in [0.1, 0.15) is 10.4 Å². The number of benzene rings is 1. The van der Waals surface area contributed by atoms with E-state index >= 15 is 0 Å². The maximum atomic E-state index is 11.8. The molecule has 0 radical (unpaired) electrons. The molecule has 6 nitrogen and oxygen atoms in total. The molecule has 0 aromatic heterocycles. The highest BCUT2D eigenvalue weighted by Crippen LogP contribution is 2.26. The van der Waals surface area contributed by atoms with E-state index in [1.165, 1.54) is 11.0 Å². The van der Waals surface area contributed by atoms with Crippen LogP contribution < -0.4 is 5.32 Å². The Morgan fingerprint density at radius 1 is 1.47 bits per heavy atom. The first-order chi connectivity index (χ1) is 8.97. The third kappa shape index (κ3) is 4.13. The van der Waals surface area contributed by atoms with Crippen molar-refractivity contribution in [3.63, 3.8) is 0 Å². The van der Waals surface area contributed by atoms with Gasteiger partial charge in [-0.05, 0) is 18.4 Å². The molecule has 104 valence electrons. The molecule has 0 aliphatic heterocycles. The molecule has 0 aliphatic carbocycles. The minimum Gasteiger partial charge on any atom is -0.379 e. The number of hydrogen-bond donors (Lipinski definition) is 1. The van der Waals surface area contributed by atoms with E-state index in [9.17, 15) is 14.9 Å². The number of anilines is 1. The topological polar surface area (TPSA) is 75.5 Å². The van der Waals surface area contributed by atoms with Crippen molar-refractivity contribution in [1.82, 2.24) is 4.90 Å². The highest BCUT2D eigenvalue weighted by molar-refractivity contribution is 7.98. The molecule has 0 bridgehead atoms. The molecule has 1 aromatic rings. The maximum Gasteiger partial charge on any atom is 0.293 e. The molecule has 19 heavy (non-hydrogen) atoms. The van der Waals surface area contributed by atoms with Crippen LogP contribution >= 0.6 is 11.8 Å². The van der Waals surface area contributed by atoms with Crippen LogP contribution in [0.3, 0.4) is 0 Å². The predicted octanol–water partition coefficient (Wildman–Crippen LogP) is 2.07. The normalized spacial score (nSPS) is 10.1. The fourth-order valence-corrected chi connectivity index (χ4v) is 1.82. The Balaban J connectivity index is 3.01. The zero-order valence-corrected chi connectivity index (χ0v) is 12.0. The maximum absolute atomic E-state index is 11.8. The molecule has 7 heteroatoms. The number of hydrogen-bond acceptors (Lipinski definition) is 5. The van der Waals surface area contributed by atoms with E-state index in [1.54, 1.807) is 38.0 Å². The van der Waals surface area contributed by atoms with Crippen molar-refractivity contribution >= 4 is 29.0 Å². The van der Waals surface area contributed by atoms with Gasteiger partial charge in [-0.25, -0.2) is 0 Å². The number of nitrogens with zero attached hydrogens (tertiary/aromatic N) is 2. The lowest BCUT2D eigenvalue weighted by molar-refractivity contribution is -0.384. The molecule has 0 saturated heterocycles. The van der Waals surface area contributed by atoms with Crippen LogP contribution in [-0.4, -0.2) is 48.4 Å². The van der Waals surface area contributed by atoms with Gasteiger partial charge in [0.1, 0.15) is 5.69 Å². The van der Waals surface area contributed by atoms with Crippen LogP contribution in [0.25, 0.3) is 0 Å². The fourth-order valence-electron chi connectivity index (χ4n) is 1.51. The molecule has 0 heterocycles. The number of nitro groups is 1. The number of carbonyl (C=O) groups excluding carboxylic acids is 1. The zero-order valence-electron chi connectivity index (χ0n) is 11.2. The second kappa shape index (κ2) is 6.98. The third-order valence-electron chi connectivity index (χ3n) is 2.47. The lowest BCUT2D eigenvalue weighted by atomic mass is 10.1. The van der Waals surface area contributed by atoms with E-state index in [0.29, 0.717) is 17.8 Å². The zero-order chi connectivity index (χ0) is 14.4. The number of amides is 1. The summed E-state index contributed by atoms with van der Waals surface area (Å²) < 4.78 is 0. The molecule has 1 N–H and O–H groups in total. The summed E-state index contributed by atoms with van der Waals surface area (Å²) in [6, 6.07) is 4.48. The SMILES string of the molecule is CSCCNc1ccc(C(=O)N(C)C)cc1[N+](=O)[O-]. The van der Waals surface area contributed by atoms with Gasteiger partial charge in [0.05, 0.1) is 4.92 Å². The summed E-state index contributed by atoms with van der Waals surface area (Å²) in [6.07, 6.45) is 1.97. The molecule has 0 atom stereocenters. The van der Waals surface area contributed by atoms with E-state index in [2.05, 4.69) is 5.32 Å². The van der Waals surface area contributed by atoms with Crippen molar-refractivity contribution in [2.75, 3.05) is 38.0 Å². The number of carbonyl (C=O) groups is 1. The third-order valence-corrected chi connectivity index (χ3v) is 3.08. The van der Waals surface area contributed by atoms with Crippen LogP contribution in [0.15, 0.2) is 18.2 Å². The number of rotatable bonds is 6. The molecular formula is C12H17N3O3S. The average molecular weight is 283 g/mol. The number of nitrogens with one attached hydrogen (secondary N) is 1. The summed E-state index contributed by atoms with van der Waals surface area (Å²) in [6.45, 7) is 0.642. The second-order valence-electron chi connectivity index (χ2n) is 4.11. The van der Waals surface area contributed by atoms with Gasteiger partial charge in [-0.1, -0.05) is 0 Å². The Bertz CT molecular complexity index is 477. The summed E-state index contributed by atoms with van der Waals surface area (Å²) in [5.41, 5.74) is 0.676. The van der Waals surface area contributed by atoms with Crippen molar-refractivity contribution in [2.24, 2.45) is 0 Å². The molecule has 0 spiro atoms. The summed E-state index contributed by atoms with van der Waals surface area (Å²) in [4.78, 5) is 23.7. The van der Waals surface area contributed by atoms with Gasteiger partial charge in [0.2, 0.25) is 0 Å². The monoisotopic (exact) mass is 283 g/mol. The van der Waals surface area contributed by atoms with Gasteiger partial charge in [-0.3, -0.25) is 14.9 Å². The molecular weight excluding hydrogens is 266 g/mol. The highest BCUT2D eigenvalue weighted by atomic mass is 32.2. The molecule has 0 aliphatic rings. The quantitative estimate of drug-likeness (QED) is 0.491. The summed E-state index contributed by atoms with van der Waals surface area (Å²) in [5.74, 6) is 0.606. The summed E-state index contributed by atoms with van der Waals surface area (Å²) in [7, 11) is 3.22. The Hall–Kier alpha value is -1.76. The first kappa shape index (κ1) is 15.3. The first-order valence-electron chi connectivity index (χ1n) is 5.70. The molecule has 1 aromatic carbocycles. The van der Waals surface area contributed by atoms with E-state index in [0.717, 1.165) is 5.75 Å². The van der Waals surface area contributed by atoms with Gasteiger partial charge in [0.15, 0.2) is 0 Å². The van der Waals surface area contributed by atoms with E-state index < -0.39 is 4.92 Å². The lowest BCUT2D eigenvalue weighted by Crippen LogP contribution is -2.21. The van der Waals surface area contributed by atoms with Crippen molar-refractivity contribution < 1.29 is 9.72 Å². The van der Waals surface area contributed by atoms with Gasteiger partial charge in [0, 0.05) is 38.0 Å². The lowest BCUT2D eigenvalue weighted by Gasteiger charge is -2.11. The smallest absolute Gasteiger partial charge is 0.293 e. The summed E-state index contributed by atoms with van der Waals surface area (Å²) >= 11 is 1.65. The van der Waals surface area contributed by atoms with E-state index in [-0.39, 0.29) is 11.6 Å². The Labute approximate surface area is 116 Å². The average Bonchev–Trinajstić information content (AvgIpc) is 2.38. The molecule has 0 unspecified atom stereocenters. The Kier molecular flexibility index (Phi) is 5.62. The first-order valence-corrected chi connectivity index (χ1v) is 7.09. The van der Waals surface area contributed by atoms with Crippen molar-refractivity contribution in [1.29, 1.82) is 0 Å². The van der Waals surface area contributed by atoms with Crippen LogP contribution in [-0.2, 0) is 0 Å². The van der Waals surface area contributed by atoms with Gasteiger partial charge in [-0.15, -0.1) is 0 Å². The Morgan fingerprint density at radius 2 is 2.16 bits per heavy atom. The Morgan fingerprint density at radius 3 is 2.68 bits per heavy atom. The molecule has 0 fully saturated rings. The highest BCUT2D eigenvalue weighted by Gasteiger charge is 2.18. The fraction of sp³-hybridized carbons (Fsp3) is 0.417. The van der Waals surface area contributed by atoms with Gasteiger partial charge < -0.3 is 10.2 Å². The van der Waals surface area contributed by atoms with Crippen molar-refractivity contribution in [3.05, 3.63) is 33.9 Å². The van der Waals surface area contributed by atoms with Crippen LogP contribution in [0.2, 0.25) is 0 Å². The van der Waals surface area contributed by atoms with E-state index in [4.69, 9.17) is 0 Å². The van der Waals surface area contributed by atoms with Gasteiger partial charge in [-0.2, -0.15) is 11.8 Å². The number of thioether (sulfide) groups is 1. The molecule has 0 saturated carbocycles. The summed E-state index contributed by atoms with van der Waals surface area (Å²) in [5, 5.41) is 14.0. The van der Waals surface area contributed by atoms with Crippen molar-refractivity contribution in [3.8, 4) is 0 Å². The minimum absolute atomic E-state index is 0.0752. The molecule has 1 rings (SSSR count). The molecule has 1 amide bonds. The van der Waals surface area contributed by atoms with Crippen molar-refractivity contribution in [2.45, 2.75) is 0 Å².